The van der Waals surface area contributed by atoms with E-state index in [-0.39, 0.29) is 12.6 Å². The molecule has 0 bridgehead atoms. The molecule has 24 heavy (non-hydrogen) atoms. The van der Waals surface area contributed by atoms with E-state index < -0.39 is 0 Å². The van der Waals surface area contributed by atoms with Crippen LogP contribution in [0.2, 0.25) is 0 Å². The van der Waals surface area contributed by atoms with Gasteiger partial charge in [-0.15, -0.1) is 0 Å². The molecule has 1 aliphatic rings. The molecular weight excluding hydrogens is 306 g/mol. The lowest BCUT2D eigenvalue weighted by atomic mass is 10.1. The van der Waals surface area contributed by atoms with Crippen molar-refractivity contribution in [3.8, 4) is 11.3 Å². The van der Waals surface area contributed by atoms with Crippen molar-refractivity contribution in [2.45, 2.75) is 19.9 Å². The highest BCUT2D eigenvalue weighted by Gasteiger charge is 2.21. The number of ether oxygens (including phenoxy) is 1. The van der Waals surface area contributed by atoms with Gasteiger partial charge >= 0.3 is 6.03 Å². The Bertz CT molecular complexity index is 651. The number of urea groups is 1. The molecule has 0 unspecified atom stereocenters. The smallest absolute Gasteiger partial charge is 0.317 e. The first kappa shape index (κ1) is 16.5. The Hall–Kier alpha value is -2.34. The number of nitrogens with one attached hydrogen (secondary N) is 1. The number of nitrogens with zero attached hydrogens (tertiary/aromatic N) is 2. The van der Waals surface area contributed by atoms with Crippen LogP contribution in [0.3, 0.4) is 0 Å². The number of amides is 2. The fourth-order valence-electron chi connectivity index (χ4n) is 2.79. The number of rotatable bonds is 6. The first-order valence-electron chi connectivity index (χ1n) is 8.37. The monoisotopic (exact) mass is 329 g/mol. The average Bonchev–Trinajstić information content (AvgIpc) is 3.30. The molecule has 1 fully saturated rings. The molecule has 2 amide bonds. The standard InChI is InChI=1S/C18H23N3O3/c1-2-21(12-14-8-9-23-13-14)18(22)20-11-17-19-10-16(24-17)15-6-4-3-5-7-15/h3-7,10,14H,2,8-9,11-13H2,1H3,(H,20,22)/t14-/m0/s1. The summed E-state index contributed by atoms with van der Waals surface area (Å²) in [6, 6.07) is 9.69. The van der Waals surface area contributed by atoms with Gasteiger partial charge in [-0.05, 0) is 13.3 Å². The summed E-state index contributed by atoms with van der Waals surface area (Å²) in [7, 11) is 0. The van der Waals surface area contributed by atoms with Gasteiger partial charge in [0.1, 0.15) is 0 Å². The predicted molar refractivity (Wildman–Crippen MR) is 90.3 cm³/mol. The maximum absolute atomic E-state index is 12.3. The number of carbonyl (C=O) groups is 1. The summed E-state index contributed by atoms with van der Waals surface area (Å²) >= 11 is 0. The SMILES string of the molecule is CCN(C[C@@H]1CCOC1)C(=O)NCc1ncc(-c2ccccc2)o1. The van der Waals surface area contributed by atoms with Crippen LogP contribution >= 0.6 is 0 Å². The largest absolute Gasteiger partial charge is 0.439 e. The van der Waals surface area contributed by atoms with Crippen LogP contribution in [-0.4, -0.2) is 42.2 Å². The lowest BCUT2D eigenvalue weighted by Crippen LogP contribution is -2.42. The number of oxazole rings is 1. The van der Waals surface area contributed by atoms with Gasteiger partial charge < -0.3 is 19.4 Å². The van der Waals surface area contributed by atoms with E-state index in [2.05, 4.69) is 10.3 Å². The third-order valence-corrected chi connectivity index (χ3v) is 4.17. The van der Waals surface area contributed by atoms with Crippen LogP contribution in [-0.2, 0) is 11.3 Å². The molecule has 6 heteroatoms. The van der Waals surface area contributed by atoms with Crippen molar-refractivity contribution in [1.82, 2.24) is 15.2 Å². The zero-order valence-electron chi connectivity index (χ0n) is 13.9. The van der Waals surface area contributed by atoms with Gasteiger partial charge in [-0.25, -0.2) is 9.78 Å². The molecule has 1 aliphatic heterocycles. The minimum absolute atomic E-state index is 0.0936. The van der Waals surface area contributed by atoms with E-state index in [1.54, 1.807) is 11.1 Å². The molecule has 1 atom stereocenters. The van der Waals surface area contributed by atoms with E-state index in [9.17, 15) is 4.79 Å². The topological polar surface area (TPSA) is 67.6 Å². The number of aromatic nitrogens is 1. The van der Waals surface area contributed by atoms with Gasteiger partial charge in [0.05, 0.1) is 19.3 Å². The van der Waals surface area contributed by atoms with E-state index >= 15 is 0 Å². The molecule has 0 saturated carbocycles. The highest BCUT2D eigenvalue weighted by molar-refractivity contribution is 5.74. The molecule has 1 N–H and O–H groups in total. The van der Waals surface area contributed by atoms with Crippen LogP contribution in [0.1, 0.15) is 19.2 Å². The Morgan fingerprint density at radius 2 is 2.21 bits per heavy atom. The second-order valence-electron chi connectivity index (χ2n) is 5.91. The van der Waals surface area contributed by atoms with Crippen LogP contribution in [0.5, 0.6) is 0 Å². The highest BCUT2D eigenvalue weighted by atomic mass is 16.5. The van der Waals surface area contributed by atoms with Gasteiger partial charge in [0.25, 0.3) is 0 Å². The van der Waals surface area contributed by atoms with E-state index in [0.717, 1.165) is 31.7 Å². The Morgan fingerprint density at radius 1 is 1.38 bits per heavy atom. The Kier molecular flexibility index (Phi) is 5.48. The molecule has 0 spiro atoms. The van der Waals surface area contributed by atoms with Crippen molar-refractivity contribution in [2.75, 3.05) is 26.3 Å². The van der Waals surface area contributed by atoms with Crippen molar-refractivity contribution in [2.24, 2.45) is 5.92 Å². The number of benzene rings is 1. The molecule has 1 saturated heterocycles. The van der Waals surface area contributed by atoms with Crippen molar-refractivity contribution in [3.05, 3.63) is 42.4 Å². The van der Waals surface area contributed by atoms with Crippen LogP contribution in [0, 0.1) is 5.92 Å². The molecule has 2 heterocycles. The summed E-state index contributed by atoms with van der Waals surface area (Å²) < 4.78 is 11.1. The van der Waals surface area contributed by atoms with Crippen molar-refractivity contribution >= 4 is 6.03 Å². The fraction of sp³-hybridized carbons (Fsp3) is 0.444. The second-order valence-corrected chi connectivity index (χ2v) is 5.91. The Morgan fingerprint density at radius 3 is 2.92 bits per heavy atom. The molecule has 2 aromatic rings. The normalized spacial score (nSPS) is 17.0. The zero-order valence-corrected chi connectivity index (χ0v) is 13.9. The van der Waals surface area contributed by atoms with Gasteiger partial charge in [-0.3, -0.25) is 0 Å². The Balaban J connectivity index is 1.53. The zero-order chi connectivity index (χ0) is 16.8. The van der Waals surface area contributed by atoms with Crippen LogP contribution in [0.4, 0.5) is 4.79 Å². The molecule has 1 aromatic carbocycles. The van der Waals surface area contributed by atoms with Gasteiger partial charge in [0.15, 0.2) is 5.76 Å². The number of carbonyl (C=O) groups excluding carboxylic acids is 1. The Labute approximate surface area is 141 Å². The van der Waals surface area contributed by atoms with E-state index in [4.69, 9.17) is 9.15 Å². The predicted octanol–water partition coefficient (Wildman–Crippen LogP) is 2.91. The summed E-state index contributed by atoms with van der Waals surface area (Å²) in [5.41, 5.74) is 0.971. The van der Waals surface area contributed by atoms with Crippen LogP contribution < -0.4 is 5.32 Å². The molecule has 0 aliphatic carbocycles. The van der Waals surface area contributed by atoms with Crippen LogP contribution in [0.15, 0.2) is 40.9 Å². The lowest BCUT2D eigenvalue weighted by Gasteiger charge is -2.23. The summed E-state index contributed by atoms with van der Waals surface area (Å²) in [6.45, 7) is 5.19. The molecular formula is C18H23N3O3. The average molecular weight is 329 g/mol. The molecule has 1 aromatic heterocycles. The van der Waals surface area contributed by atoms with Crippen molar-refractivity contribution in [1.29, 1.82) is 0 Å². The highest BCUT2D eigenvalue weighted by Crippen LogP contribution is 2.19. The van der Waals surface area contributed by atoms with Gasteiger partial charge in [-0.2, -0.15) is 0 Å². The number of hydrogen-bond acceptors (Lipinski definition) is 4. The maximum Gasteiger partial charge on any atom is 0.317 e. The van der Waals surface area contributed by atoms with Crippen LogP contribution in [0.25, 0.3) is 11.3 Å². The van der Waals surface area contributed by atoms with Crippen molar-refractivity contribution < 1.29 is 13.9 Å². The van der Waals surface area contributed by atoms with Crippen molar-refractivity contribution in [3.63, 3.8) is 0 Å². The van der Waals surface area contributed by atoms with Gasteiger partial charge in [-0.1, -0.05) is 30.3 Å². The molecule has 0 radical (unpaired) electrons. The fourth-order valence-corrected chi connectivity index (χ4v) is 2.79. The minimum atomic E-state index is -0.0936. The molecule has 128 valence electrons. The third kappa shape index (κ3) is 4.14. The van der Waals surface area contributed by atoms with Gasteiger partial charge in [0, 0.05) is 31.2 Å². The second kappa shape index (κ2) is 7.97. The van der Waals surface area contributed by atoms with Gasteiger partial charge in [0.2, 0.25) is 5.89 Å². The first-order chi connectivity index (χ1) is 11.8. The van der Waals surface area contributed by atoms with E-state index in [1.807, 2.05) is 37.3 Å². The lowest BCUT2D eigenvalue weighted by molar-refractivity contribution is 0.165. The van der Waals surface area contributed by atoms with E-state index in [0.29, 0.717) is 24.1 Å². The maximum atomic E-state index is 12.3. The molecule has 6 nitrogen and oxygen atoms in total. The summed E-state index contributed by atoms with van der Waals surface area (Å²) in [5, 5.41) is 2.88. The summed E-state index contributed by atoms with van der Waals surface area (Å²) in [4.78, 5) is 18.4. The third-order valence-electron chi connectivity index (χ3n) is 4.17. The number of hydrogen-bond donors (Lipinski definition) is 1. The van der Waals surface area contributed by atoms with E-state index in [1.165, 1.54) is 0 Å². The summed E-state index contributed by atoms with van der Waals surface area (Å²) in [6.07, 6.45) is 2.70. The molecule has 3 rings (SSSR count). The quantitative estimate of drug-likeness (QED) is 0.885. The minimum Gasteiger partial charge on any atom is -0.439 e. The summed E-state index contributed by atoms with van der Waals surface area (Å²) in [5.74, 6) is 1.64. The first-order valence-corrected chi connectivity index (χ1v) is 8.37.